The number of nitrogens with one attached hydrogen (secondary N) is 4. The normalized spacial score (nSPS) is 11.6. The Bertz CT molecular complexity index is 1690. The van der Waals surface area contributed by atoms with Gasteiger partial charge >= 0.3 is 17.6 Å². The summed E-state index contributed by atoms with van der Waals surface area (Å²) in [5, 5.41) is 11.5. The van der Waals surface area contributed by atoms with Crippen molar-refractivity contribution in [2.24, 2.45) is 11.5 Å². The van der Waals surface area contributed by atoms with Crippen LogP contribution in [0.1, 0.15) is 103 Å². The Balaban J connectivity index is -0.000000247. The van der Waals surface area contributed by atoms with Crippen LogP contribution in [0.3, 0.4) is 0 Å². The van der Waals surface area contributed by atoms with Gasteiger partial charge in [-0.15, -0.1) is 0 Å². The van der Waals surface area contributed by atoms with E-state index in [-0.39, 0.29) is 193 Å². The number of thiol groups is 4. The zero-order chi connectivity index (χ0) is 62.0. The first-order chi connectivity index (χ1) is 38.9. The van der Waals surface area contributed by atoms with E-state index in [1.165, 1.54) is 11.8 Å². The average molecular weight is 1630 g/mol. The van der Waals surface area contributed by atoms with Gasteiger partial charge in [-0.25, -0.2) is 0 Å². The number of hydrogen-bond acceptors (Lipinski definition) is 26. The molecule has 0 radical (unpaired) electrons. The molecular weight excluding hydrogens is 1530 g/mol. The summed E-state index contributed by atoms with van der Waals surface area (Å²) in [6.07, 6.45) is 6.15. The topological polar surface area (TPSA) is 388 Å². The molecule has 0 saturated carbocycles. The van der Waals surface area contributed by atoms with Gasteiger partial charge in [-0.1, -0.05) is 11.8 Å². The number of ketones is 4. The largest absolute Gasteiger partial charge is 0.492 e. The molecule has 1 aliphatic heterocycles. The molecule has 1 aliphatic rings. The molecule has 0 unspecified atom stereocenters. The van der Waals surface area contributed by atoms with E-state index in [0.29, 0.717) is 204 Å². The molecule has 88 heavy (non-hydrogen) atoms. The first kappa shape index (κ1) is 105. The monoisotopic (exact) mass is 1630 g/mol. The Labute approximate surface area is 614 Å². The minimum atomic E-state index is -4.24. The molecule has 0 spiro atoms. The van der Waals surface area contributed by atoms with Crippen LogP contribution in [-0.2, 0) is 146 Å². The summed E-state index contributed by atoms with van der Waals surface area (Å²) in [5.41, 5.74) is 10.6. The number of nitrogens with zero attached hydrogens (tertiary/aromatic N) is 4. The third-order valence-corrected chi connectivity index (χ3v) is 16.2. The molecule has 0 bridgehead atoms. The summed E-state index contributed by atoms with van der Waals surface area (Å²) in [6.45, 7) is 7.25. The van der Waals surface area contributed by atoms with Gasteiger partial charge in [-0.05, 0) is 55.4 Å². The maximum Gasteiger partial charge on any atom is 0.492 e. The number of Topliss-reactive ketones (excluding diaryl/α,β-unsaturated/α-hetero) is 4. The van der Waals surface area contributed by atoms with E-state index in [1.54, 1.807) is 0 Å². The Morgan fingerprint density at radius 2 is 0.648 bits per heavy atom. The number of carbonyl (C=O) groups is 9. The van der Waals surface area contributed by atoms with Gasteiger partial charge in [0.25, 0.3) is 0 Å². The number of nitrogens with two attached hydrogens (primary N) is 2. The molecule has 25 nitrogen and oxygen atoms in total. The Morgan fingerprint density at radius 1 is 0.398 bits per heavy atom. The number of amides is 4. The minimum Gasteiger partial charge on any atom is -0.390 e. The molecule has 14 N–H and O–H groups in total. The number of thioether (sulfide) groups is 1. The van der Waals surface area contributed by atoms with Crippen LogP contribution in [0.25, 0.3) is 0 Å². The van der Waals surface area contributed by atoms with Gasteiger partial charge in [0.05, 0.1) is 0 Å². The summed E-state index contributed by atoms with van der Waals surface area (Å²) in [5.74, 6) is 2.60. The van der Waals surface area contributed by atoms with Crippen LogP contribution in [0.15, 0.2) is 0 Å². The van der Waals surface area contributed by atoms with Crippen LogP contribution in [0.2, 0.25) is 12.1 Å². The second-order valence-corrected chi connectivity index (χ2v) is 26.5. The summed E-state index contributed by atoms with van der Waals surface area (Å²) in [4.78, 5) is 170. The standard InChI is InChI=1S/C33H63N5O9S4Si.C13H31N5O5Si.C4H6OS.6Fe/c39-28(8-23-48)2-15-37(16-3-29(40)9-24-49)21-12-34-32(43)6-19-36(14-1-27-52(45,46)47)20-7-33(44)35-13-22-38(17-4-30(41)10-25-50)18-5-31(42)11-26-51;14-4-6-16-12(19)2-9-18(8-1-11-24(21,22)23)10-3-13(20)17-7-5-15;5-4-2-1-3-6-4;;;;;;/h45-51H,1-27H2,(H,34,43)(H,35,44);21-23H,1-11,14-15H2,(H,16,19)(H,17,20);1-3H2;;;;;;. The number of rotatable bonds is 50. The van der Waals surface area contributed by atoms with Gasteiger partial charge in [0.15, 0.2) is 5.12 Å². The van der Waals surface area contributed by atoms with Gasteiger partial charge in [-0.3, -0.25) is 43.2 Å². The number of carbonyl (C=O) groups excluding carboxylic acids is 9. The van der Waals surface area contributed by atoms with Crippen molar-refractivity contribution in [3.63, 3.8) is 0 Å². The van der Waals surface area contributed by atoms with Crippen molar-refractivity contribution in [2.45, 2.75) is 115 Å². The maximum absolute atomic E-state index is 12.7. The van der Waals surface area contributed by atoms with Crippen molar-refractivity contribution in [1.29, 1.82) is 0 Å². The molecule has 1 rings (SSSR count). The first-order valence-corrected chi connectivity index (χ1v) is 35.9. The van der Waals surface area contributed by atoms with Crippen LogP contribution in [0, 0.1) is 0 Å². The van der Waals surface area contributed by atoms with E-state index in [0.717, 1.165) is 18.6 Å². The SMILES string of the molecule is NCCNC(=O)CCN(CCC[Si](O)(O)O)CCC(=O)NCCN.O=C(CCS)CCN(CCNC(=O)CCN(CCC[Si](O)(O)O)CCC(=O)NCCN(CCC(=O)CCS)CCC(=O)CCS)CCC(=O)CCS.O=C1CCCS1.[Fe].[Fe].[Fe].[Fe].[Fe].[Fe]. The van der Waals surface area contributed by atoms with Crippen molar-refractivity contribution < 1.29 is 174 Å². The quantitative estimate of drug-likeness (QED) is 0.0229. The van der Waals surface area contributed by atoms with Gasteiger partial charge in [0.1, 0.15) is 23.1 Å². The van der Waals surface area contributed by atoms with E-state index in [4.69, 9.17) is 25.9 Å². The van der Waals surface area contributed by atoms with Crippen LogP contribution < -0.4 is 32.7 Å². The molecule has 0 aromatic rings. The van der Waals surface area contributed by atoms with Gasteiger partial charge in [0, 0.05) is 308 Å². The van der Waals surface area contributed by atoms with Crippen molar-refractivity contribution in [2.75, 3.05) is 147 Å². The molecule has 0 aromatic heterocycles. The second kappa shape index (κ2) is 69.4. The molecule has 526 valence electrons. The molecule has 4 amide bonds. The smallest absolute Gasteiger partial charge is 0.390 e. The van der Waals surface area contributed by atoms with Crippen LogP contribution in [0.4, 0.5) is 0 Å². The van der Waals surface area contributed by atoms with E-state index < -0.39 is 17.6 Å². The maximum atomic E-state index is 12.7. The van der Waals surface area contributed by atoms with Crippen molar-refractivity contribution in [3.8, 4) is 0 Å². The van der Waals surface area contributed by atoms with E-state index >= 15 is 0 Å². The van der Waals surface area contributed by atoms with E-state index in [1.807, 2.05) is 19.6 Å². The first-order valence-electron chi connectivity index (χ1n) is 28.3. The molecule has 1 saturated heterocycles. The third-order valence-electron chi connectivity index (χ3n) is 12.2. The zero-order valence-corrected chi connectivity index (χ0v) is 63.1. The number of hydrogen-bond donors (Lipinski definition) is 16. The summed E-state index contributed by atoms with van der Waals surface area (Å²) in [7, 11) is -8.30. The molecule has 1 heterocycles. The summed E-state index contributed by atoms with van der Waals surface area (Å²) >= 11 is 17.9. The van der Waals surface area contributed by atoms with Crippen molar-refractivity contribution in [1.82, 2.24) is 40.9 Å². The average Bonchev–Trinajstić information content (AvgIpc) is 3.92. The third kappa shape index (κ3) is 72.9. The Morgan fingerprint density at radius 3 is 0.852 bits per heavy atom. The fourth-order valence-corrected chi connectivity index (χ4v) is 10.6. The zero-order valence-electron chi connectivity index (χ0n) is 50.1. The van der Waals surface area contributed by atoms with Gasteiger partial charge in [-0.2, -0.15) is 50.5 Å². The fourth-order valence-electron chi connectivity index (χ4n) is 7.55. The van der Waals surface area contributed by atoms with Gasteiger partial charge < -0.3 is 81.1 Å². The Hall–Kier alpha value is 1.05. The molecular formula is C50H100Fe6N10O15S5Si2. The Kier molecular flexibility index (Phi) is 82.9. The van der Waals surface area contributed by atoms with Gasteiger partial charge in [0.2, 0.25) is 23.6 Å². The van der Waals surface area contributed by atoms with Crippen LogP contribution in [0.5, 0.6) is 0 Å². The second-order valence-electron chi connectivity index (χ2n) is 19.5. The molecule has 38 heteroatoms. The molecule has 1 fully saturated rings. The van der Waals surface area contributed by atoms with Crippen molar-refractivity contribution in [3.05, 3.63) is 0 Å². The van der Waals surface area contributed by atoms with Crippen LogP contribution >= 0.6 is 62.3 Å². The van der Waals surface area contributed by atoms with E-state index in [9.17, 15) is 57.5 Å². The summed E-state index contributed by atoms with van der Waals surface area (Å²) < 4.78 is 0. The molecule has 0 aromatic carbocycles. The fraction of sp³-hybridized carbons (Fsp3) is 0.820. The predicted octanol–water partition coefficient (Wildman–Crippen LogP) is -2.12. The predicted molar refractivity (Wildman–Crippen MR) is 337 cm³/mol. The van der Waals surface area contributed by atoms with Crippen LogP contribution in [-0.4, -0.2) is 264 Å². The minimum absolute atomic E-state index is 0. The summed E-state index contributed by atoms with van der Waals surface area (Å²) in [6, 6.07) is -0.254. The molecule has 0 aliphatic carbocycles. The van der Waals surface area contributed by atoms with E-state index in [2.05, 4.69) is 71.8 Å². The van der Waals surface area contributed by atoms with Crippen molar-refractivity contribution >= 4 is 132 Å². The molecule has 0 atom stereocenters.